The lowest BCUT2D eigenvalue weighted by molar-refractivity contribution is 0.418. The minimum Gasteiger partial charge on any atom is -0.457 e. The third-order valence-electron chi connectivity index (χ3n) is 14.7. The van der Waals surface area contributed by atoms with Gasteiger partial charge < -0.3 is 18.9 Å². The minimum absolute atomic E-state index is 0.232. The molecule has 0 saturated carbocycles. The number of nitrogens with zero attached hydrogens (tertiary/aromatic N) is 2. The van der Waals surface area contributed by atoms with Gasteiger partial charge in [-0.3, -0.25) is 0 Å². The Hall–Kier alpha value is -8.54. The highest BCUT2D eigenvalue weighted by atomic mass is 16.5. The van der Waals surface area contributed by atoms with Gasteiger partial charge in [-0.25, -0.2) is 0 Å². The molecule has 11 aromatic rings. The molecule has 68 heavy (non-hydrogen) atoms. The molecule has 5 heteroatoms. The highest BCUT2D eigenvalue weighted by Gasteiger charge is 2.48. The predicted octanol–water partition coefficient (Wildman–Crippen LogP) is 15.7. The number of furan rings is 1. The van der Waals surface area contributed by atoms with Gasteiger partial charge in [0.25, 0.3) is 0 Å². The average molecular weight is 871 g/mol. The lowest BCUT2D eigenvalue weighted by atomic mass is 9.43. The van der Waals surface area contributed by atoms with Crippen molar-refractivity contribution in [1.82, 2.24) is 0 Å². The maximum Gasteiger partial charge on any atom is 0.333 e. The van der Waals surface area contributed by atoms with E-state index in [9.17, 15) is 0 Å². The van der Waals surface area contributed by atoms with Crippen LogP contribution in [0.15, 0.2) is 229 Å². The van der Waals surface area contributed by atoms with Gasteiger partial charge in [-0.1, -0.05) is 178 Å². The molecule has 0 spiro atoms. The van der Waals surface area contributed by atoms with Crippen LogP contribution in [0.5, 0.6) is 11.5 Å². The van der Waals surface area contributed by atoms with Crippen LogP contribution in [0.4, 0.5) is 28.4 Å². The largest absolute Gasteiger partial charge is 0.457 e. The molecule has 0 unspecified atom stereocenters. The lowest BCUT2D eigenvalue weighted by Gasteiger charge is -2.47. The summed E-state index contributed by atoms with van der Waals surface area (Å²) >= 11 is 0. The fourth-order valence-electron chi connectivity index (χ4n) is 11.4. The van der Waals surface area contributed by atoms with Crippen LogP contribution in [0.2, 0.25) is 0 Å². The maximum absolute atomic E-state index is 6.98. The Morgan fingerprint density at radius 2 is 1.00 bits per heavy atom. The zero-order chi connectivity index (χ0) is 45.1. The van der Waals surface area contributed by atoms with Crippen molar-refractivity contribution in [3.8, 4) is 56.0 Å². The molecule has 0 amide bonds. The summed E-state index contributed by atoms with van der Waals surface area (Å²) in [5, 5.41) is 2.21. The number of benzene rings is 10. The van der Waals surface area contributed by atoms with Gasteiger partial charge in [0.2, 0.25) is 0 Å². The van der Waals surface area contributed by atoms with E-state index in [1.807, 2.05) is 0 Å². The summed E-state index contributed by atoms with van der Waals surface area (Å²) in [5.41, 5.74) is 21.0. The fourth-order valence-corrected chi connectivity index (χ4v) is 11.4. The Bertz CT molecular complexity index is 3790. The number of fused-ring (bicyclic) bond motifs is 10. The Morgan fingerprint density at radius 3 is 1.69 bits per heavy atom. The lowest BCUT2D eigenvalue weighted by Crippen LogP contribution is -2.61. The van der Waals surface area contributed by atoms with Crippen LogP contribution in [0.25, 0.3) is 66.4 Å². The van der Waals surface area contributed by atoms with Crippen LogP contribution >= 0.6 is 0 Å². The molecule has 0 saturated heterocycles. The summed E-state index contributed by atoms with van der Waals surface area (Å²) in [7, 11) is 0. The van der Waals surface area contributed by atoms with Gasteiger partial charge in [0, 0.05) is 67.4 Å². The minimum atomic E-state index is -0.338. The van der Waals surface area contributed by atoms with E-state index >= 15 is 0 Å². The standard InChI is InChI=1S/C63H43BN2O2/c1-63(2)50-23-13-15-25-57(50)68-58-37-49-54(38-51(58)63)66(47-33-28-44(29-34-47)41-18-8-4-9-19-41)64-52-36-45(42-20-10-5-11-21-42)30-35-53(52)65(46-31-26-43(27-32-46)40-16-6-3-7-17-40)55-39-59-60(61(49)62(55)64)48-22-12-14-24-56(48)67-59/h3-39H,1-2H3. The normalized spacial score (nSPS) is 13.9. The van der Waals surface area contributed by atoms with Crippen molar-refractivity contribution in [2.75, 3.05) is 9.71 Å². The van der Waals surface area contributed by atoms with E-state index in [0.717, 1.165) is 73.0 Å². The molecule has 1 aromatic heterocycles. The van der Waals surface area contributed by atoms with E-state index in [4.69, 9.17) is 9.15 Å². The molecule has 320 valence electrons. The van der Waals surface area contributed by atoms with Crippen LogP contribution in [0.3, 0.4) is 0 Å². The summed E-state index contributed by atoms with van der Waals surface area (Å²) < 4.78 is 13.9. The second kappa shape index (κ2) is 14.7. The topological polar surface area (TPSA) is 28.9 Å². The predicted molar refractivity (Wildman–Crippen MR) is 282 cm³/mol. The zero-order valence-electron chi connectivity index (χ0n) is 37.7. The van der Waals surface area contributed by atoms with E-state index in [1.165, 1.54) is 55.4 Å². The van der Waals surface area contributed by atoms with Crippen molar-refractivity contribution in [2.24, 2.45) is 0 Å². The Balaban J connectivity index is 1.10. The zero-order valence-corrected chi connectivity index (χ0v) is 37.7. The van der Waals surface area contributed by atoms with Crippen LogP contribution in [0.1, 0.15) is 25.0 Å². The molecule has 0 radical (unpaired) electrons. The van der Waals surface area contributed by atoms with Gasteiger partial charge in [-0.2, -0.15) is 0 Å². The quantitative estimate of drug-likeness (QED) is 0.161. The first-order chi connectivity index (χ1) is 33.5. The van der Waals surface area contributed by atoms with E-state index < -0.39 is 0 Å². The first-order valence-corrected chi connectivity index (χ1v) is 23.5. The summed E-state index contributed by atoms with van der Waals surface area (Å²) in [4.78, 5) is 5.08. The Kier molecular flexibility index (Phi) is 8.39. The second-order valence-corrected chi connectivity index (χ2v) is 18.8. The summed E-state index contributed by atoms with van der Waals surface area (Å²) in [6.45, 7) is 4.43. The van der Waals surface area contributed by atoms with Crippen molar-refractivity contribution < 1.29 is 9.15 Å². The van der Waals surface area contributed by atoms with Gasteiger partial charge >= 0.3 is 6.85 Å². The van der Waals surface area contributed by atoms with E-state index in [1.54, 1.807) is 0 Å². The van der Waals surface area contributed by atoms with E-state index in [2.05, 4.69) is 248 Å². The van der Waals surface area contributed by atoms with Crippen molar-refractivity contribution >= 4 is 68.1 Å². The van der Waals surface area contributed by atoms with E-state index in [-0.39, 0.29) is 12.3 Å². The summed E-state index contributed by atoms with van der Waals surface area (Å²) in [6, 6.07) is 81.4. The van der Waals surface area contributed by atoms with Gasteiger partial charge in [0.05, 0.1) is 0 Å². The van der Waals surface area contributed by atoms with E-state index in [0.29, 0.717) is 0 Å². The smallest absolute Gasteiger partial charge is 0.333 e. The first-order valence-electron chi connectivity index (χ1n) is 23.5. The average Bonchev–Trinajstić information content (AvgIpc) is 3.77. The van der Waals surface area contributed by atoms with Crippen molar-refractivity contribution in [1.29, 1.82) is 0 Å². The molecule has 0 atom stereocenters. The number of para-hydroxylation sites is 2. The number of hydrogen-bond acceptors (Lipinski definition) is 4. The third-order valence-corrected chi connectivity index (χ3v) is 14.7. The molecule has 4 heterocycles. The van der Waals surface area contributed by atoms with Gasteiger partial charge in [0.15, 0.2) is 0 Å². The van der Waals surface area contributed by atoms with Crippen LogP contribution in [-0.4, -0.2) is 6.85 Å². The molecule has 4 nitrogen and oxygen atoms in total. The van der Waals surface area contributed by atoms with Crippen LogP contribution in [-0.2, 0) is 5.41 Å². The molecular weight excluding hydrogens is 828 g/mol. The highest BCUT2D eigenvalue weighted by molar-refractivity contribution is 6.94. The van der Waals surface area contributed by atoms with Crippen molar-refractivity contribution in [2.45, 2.75) is 19.3 Å². The van der Waals surface area contributed by atoms with Crippen LogP contribution < -0.4 is 25.4 Å². The Morgan fingerprint density at radius 1 is 0.426 bits per heavy atom. The molecule has 0 fully saturated rings. The number of hydrogen-bond donors (Lipinski definition) is 0. The molecular formula is C63H43BN2O2. The van der Waals surface area contributed by atoms with Gasteiger partial charge in [-0.05, 0) is 104 Å². The van der Waals surface area contributed by atoms with Crippen molar-refractivity contribution in [3.05, 3.63) is 236 Å². The van der Waals surface area contributed by atoms with Gasteiger partial charge in [0.1, 0.15) is 22.7 Å². The molecule has 3 aliphatic heterocycles. The third kappa shape index (κ3) is 5.75. The Labute approximate surface area is 396 Å². The summed E-state index contributed by atoms with van der Waals surface area (Å²) in [6.07, 6.45) is 0. The second-order valence-electron chi connectivity index (χ2n) is 18.8. The SMILES string of the molecule is CC1(C)c2ccccc2Oc2cc3c(cc21)N(c1ccc(-c2ccccc2)cc1)B1c2cc(-c4ccccc4)ccc2N(c2ccc(-c4ccccc4)cc2)c2cc4oc5ccccc5c4c-3c21. The molecule has 0 bridgehead atoms. The molecule has 0 aliphatic carbocycles. The molecule has 0 N–H and O–H groups in total. The molecule has 10 aromatic carbocycles. The maximum atomic E-state index is 6.98. The number of anilines is 5. The summed E-state index contributed by atoms with van der Waals surface area (Å²) in [5.74, 6) is 1.77. The number of rotatable bonds is 5. The fraction of sp³-hybridized carbons (Fsp3) is 0.0476. The molecule has 3 aliphatic rings. The first kappa shape index (κ1) is 38.7. The van der Waals surface area contributed by atoms with Crippen molar-refractivity contribution in [3.63, 3.8) is 0 Å². The number of ether oxygens (including phenoxy) is 1. The van der Waals surface area contributed by atoms with Gasteiger partial charge in [-0.15, -0.1) is 0 Å². The van der Waals surface area contributed by atoms with Crippen LogP contribution in [0, 0.1) is 0 Å². The molecule has 14 rings (SSSR count). The highest BCUT2D eigenvalue weighted by Crippen LogP contribution is 2.56. The monoisotopic (exact) mass is 870 g/mol.